The van der Waals surface area contributed by atoms with Gasteiger partial charge in [0.2, 0.25) is 0 Å². The molecule has 0 saturated heterocycles. The number of alkyl halides is 1. The standard InChI is InChI=1S/C6H4BrClN2S/c7-3-4-5(8)9-6-10(4)1-2-11-6/h1-2H,3H2. The summed E-state index contributed by atoms with van der Waals surface area (Å²) in [7, 11) is 0. The van der Waals surface area contributed by atoms with Crippen LogP contribution in [0, 0.1) is 0 Å². The molecule has 0 aliphatic rings. The molecule has 0 amide bonds. The Morgan fingerprint density at radius 2 is 2.55 bits per heavy atom. The normalized spacial score (nSPS) is 11.1. The SMILES string of the molecule is Clc1nc2sccn2c1CBr. The molecule has 0 N–H and O–H groups in total. The molecule has 0 radical (unpaired) electrons. The van der Waals surface area contributed by atoms with Gasteiger partial charge in [-0.1, -0.05) is 27.5 Å². The lowest BCUT2D eigenvalue weighted by Crippen LogP contribution is -1.83. The Labute approximate surface area is 80.9 Å². The predicted molar refractivity (Wildman–Crippen MR) is 50.7 cm³/mol. The predicted octanol–water partition coefficient (Wildman–Crippen LogP) is 2.94. The van der Waals surface area contributed by atoms with Gasteiger partial charge >= 0.3 is 0 Å². The van der Waals surface area contributed by atoms with Gasteiger partial charge in [-0.25, -0.2) is 4.98 Å². The zero-order valence-corrected chi connectivity index (χ0v) is 8.58. The molecular weight excluding hydrogens is 248 g/mol. The van der Waals surface area contributed by atoms with E-state index in [2.05, 4.69) is 20.9 Å². The highest BCUT2D eigenvalue weighted by atomic mass is 79.9. The molecule has 0 aliphatic carbocycles. The van der Waals surface area contributed by atoms with Gasteiger partial charge in [0, 0.05) is 16.9 Å². The van der Waals surface area contributed by atoms with Gasteiger partial charge in [0.15, 0.2) is 10.1 Å². The van der Waals surface area contributed by atoms with Crippen molar-refractivity contribution in [2.75, 3.05) is 0 Å². The van der Waals surface area contributed by atoms with Crippen molar-refractivity contribution in [2.24, 2.45) is 0 Å². The molecule has 2 aromatic rings. The van der Waals surface area contributed by atoms with E-state index in [-0.39, 0.29) is 0 Å². The van der Waals surface area contributed by atoms with Crippen molar-refractivity contribution in [3.63, 3.8) is 0 Å². The summed E-state index contributed by atoms with van der Waals surface area (Å²) in [4.78, 5) is 5.11. The number of halogens is 2. The molecule has 0 atom stereocenters. The maximum absolute atomic E-state index is 5.85. The molecule has 2 heterocycles. The van der Waals surface area contributed by atoms with Crippen LogP contribution in [-0.4, -0.2) is 9.38 Å². The van der Waals surface area contributed by atoms with Gasteiger partial charge in [0.1, 0.15) is 0 Å². The van der Waals surface area contributed by atoms with E-state index in [4.69, 9.17) is 11.6 Å². The van der Waals surface area contributed by atoms with E-state index in [1.54, 1.807) is 11.3 Å². The molecule has 5 heteroatoms. The average Bonchev–Trinajstić information content (AvgIpc) is 2.46. The number of imidazole rings is 1. The number of fused-ring (bicyclic) bond motifs is 1. The second kappa shape index (κ2) is 2.77. The third-order valence-corrected chi connectivity index (χ3v) is 3.03. The second-order valence-electron chi connectivity index (χ2n) is 2.04. The molecule has 0 aliphatic heterocycles. The van der Waals surface area contributed by atoms with Crippen molar-refractivity contribution in [2.45, 2.75) is 5.33 Å². The number of hydrogen-bond donors (Lipinski definition) is 0. The smallest absolute Gasteiger partial charge is 0.195 e. The van der Waals surface area contributed by atoms with Gasteiger partial charge < -0.3 is 0 Å². The molecule has 0 unspecified atom stereocenters. The van der Waals surface area contributed by atoms with E-state index < -0.39 is 0 Å². The van der Waals surface area contributed by atoms with Crippen LogP contribution >= 0.6 is 38.9 Å². The fourth-order valence-electron chi connectivity index (χ4n) is 0.926. The van der Waals surface area contributed by atoms with Crippen LogP contribution in [0.4, 0.5) is 0 Å². The zero-order chi connectivity index (χ0) is 7.84. The van der Waals surface area contributed by atoms with Gasteiger partial charge in [0.05, 0.1) is 5.69 Å². The van der Waals surface area contributed by atoms with Gasteiger partial charge in [-0.2, -0.15) is 0 Å². The summed E-state index contributed by atoms with van der Waals surface area (Å²) in [6, 6.07) is 0. The second-order valence-corrected chi connectivity index (χ2v) is 3.83. The Morgan fingerprint density at radius 3 is 3.27 bits per heavy atom. The van der Waals surface area contributed by atoms with E-state index in [9.17, 15) is 0 Å². The van der Waals surface area contributed by atoms with E-state index in [1.165, 1.54) is 0 Å². The Kier molecular flexibility index (Phi) is 1.91. The Morgan fingerprint density at radius 1 is 1.73 bits per heavy atom. The highest BCUT2D eigenvalue weighted by molar-refractivity contribution is 9.08. The van der Waals surface area contributed by atoms with E-state index in [0.717, 1.165) is 16.0 Å². The topological polar surface area (TPSA) is 17.3 Å². The van der Waals surface area contributed by atoms with Crippen LogP contribution < -0.4 is 0 Å². The first-order valence-electron chi connectivity index (χ1n) is 2.99. The Bertz CT molecular complexity index is 381. The van der Waals surface area contributed by atoms with E-state index in [0.29, 0.717) is 5.15 Å². The molecule has 2 rings (SSSR count). The number of thiazole rings is 1. The maximum atomic E-state index is 5.85. The van der Waals surface area contributed by atoms with Crippen LogP contribution in [0.1, 0.15) is 5.69 Å². The van der Waals surface area contributed by atoms with Gasteiger partial charge in [-0.05, 0) is 0 Å². The fraction of sp³-hybridized carbons (Fsp3) is 0.167. The van der Waals surface area contributed by atoms with Crippen molar-refractivity contribution in [1.82, 2.24) is 9.38 Å². The molecule has 58 valence electrons. The van der Waals surface area contributed by atoms with Crippen LogP contribution in [-0.2, 0) is 5.33 Å². The fourth-order valence-corrected chi connectivity index (χ4v) is 2.64. The van der Waals surface area contributed by atoms with E-state index in [1.807, 2.05) is 16.0 Å². The van der Waals surface area contributed by atoms with Crippen molar-refractivity contribution >= 4 is 43.8 Å². The molecule has 2 nitrogen and oxygen atoms in total. The maximum Gasteiger partial charge on any atom is 0.195 e. The van der Waals surface area contributed by atoms with Gasteiger partial charge in [-0.15, -0.1) is 11.3 Å². The lowest BCUT2D eigenvalue weighted by Gasteiger charge is -1.89. The molecule has 11 heavy (non-hydrogen) atoms. The third kappa shape index (κ3) is 1.09. The molecule has 0 fully saturated rings. The quantitative estimate of drug-likeness (QED) is 0.712. The Hall–Kier alpha value is -0.0600. The summed E-state index contributed by atoms with van der Waals surface area (Å²) in [6.07, 6.45) is 1.97. The van der Waals surface area contributed by atoms with Crippen LogP contribution in [0.3, 0.4) is 0 Å². The number of nitrogens with zero attached hydrogens (tertiary/aromatic N) is 2. The molecule has 0 bridgehead atoms. The largest absolute Gasteiger partial charge is 0.292 e. The van der Waals surface area contributed by atoms with Gasteiger partial charge in [0.25, 0.3) is 0 Å². The minimum absolute atomic E-state index is 0.591. The van der Waals surface area contributed by atoms with Crippen molar-refractivity contribution in [3.05, 3.63) is 22.4 Å². The van der Waals surface area contributed by atoms with Crippen LogP contribution in [0.25, 0.3) is 4.96 Å². The lowest BCUT2D eigenvalue weighted by molar-refractivity contribution is 1.13. The molecule has 2 aromatic heterocycles. The first-order valence-corrected chi connectivity index (χ1v) is 5.36. The van der Waals surface area contributed by atoms with Crippen LogP contribution in [0.2, 0.25) is 5.15 Å². The van der Waals surface area contributed by atoms with Crippen LogP contribution in [0.15, 0.2) is 11.6 Å². The van der Waals surface area contributed by atoms with Crippen molar-refractivity contribution < 1.29 is 0 Å². The lowest BCUT2D eigenvalue weighted by atomic mass is 10.5. The summed E-state index contributed by atoms with van der Waals surface area (Å²) < 4.78 is 1.99. The summed E-state index contributed by atoms with van der Waals surface area (Å²) in [5.74, 6) is 0. The first-order chi connectivity index (χ1) is 5.33. The number of aromatic nitrogens is 2. The van der Waals surface area contributed by atoms with Crippen molar-refractivity contribution in [1.29, 1.82) is 0 Å². The molecule has 0 spiro atoms. The zero-order valence-electron chi connectivity index (χ0n) is 5.42. The van der Waals surface area contributed by atoms with Crippen LogP contribution in [0.5, 0.6) is 0 Å². The summed E-state index contributed by atoms with van der Waals surface area (Å²) in [6.45, 7) is 0. The summed E-state index contributed by atoms with van der Waals surface area (Å²) >= 11 is 10.8. The number of hydrogen-bond acceptors (Lipinski definition) is 2. The highest BCUT2D eigenvalue weighted by Gasteiger charge is 2.08. The number of rotatable bonds is 1. The highest BCUT2D eigenvalue weighted by Crippen LogP contribution is 2.22. The minimum Gasteiger partial charge on any atom is -0.292 e. The Balaban J connectivity index is 2.80. The summed E-state index contributed by atoms with van der Waals surface area (Å²) in [5.41, 5.74) is 1.02. The monoisotopic (exact) mass is 250 g/mol. The first kappa shape index (κ1) is 7.58. The summed E-state index contributed by atoms with van der Waals surface area (Å²) in [5, 5.41) is 3.32. The third-order valence-electron chi connectivity index (χ3n) is 1.44. The van der Waals surface area contributed by atoms with E-state index >= 15 is 0 Å². The minimum atomic E-state index is 0.591. The van der Waals surface area contributed by atoms with Crippen molar-refractivity contribution in [3.8, 4) is 0 Å². The van der Waals surface area contributed by atoms with Gasteiger partial charge in [-0.3, -0.25) is 4.40 Å². The molecule has 0 aromatic carbocycles. The average molecular weight is 252 g/mol. The molecular formula is C6H4BrClN2S. The molecule has 0 saturated carbocycles.